The molecule has 0 bridgehead atoms. The van der Waals surface area contributed by atoms with E-state index in [9.17, 15) is 0 Å². The van der Waals surface area contributed by atoms with Crippen LogP contribution in [0.15, 0.2) is 33.3 Å². The summed E-state index contributed by atoms with van der Waals surface area (Å²) in [7, 11) is 0. The van der Waals surface area contributed by atoms with E-state index in [0.29, 0.717) is 12.3 Å². The van der Waals surface area contributed by atoms with E-state index < -0.39 is 0 Å². The third-order valence-electron chi connectivity index (χ3n) is 3.68. The molecule has 1 aliphatic heterocycles. The molecule has 1 unspecified atom stereocenters. The van der Waals surface area contributed by atoms with E-state index >= 15 is 0 Å². The van der Waals surface area contributed by atoms with E-state index in [1.165, 1.54) is 18.4 Å². The number of halogens is 1. The molecule has 0 amide bonds. The molecule has 4 nitrogen and oxygen atoms in total. The first kappa shape index (κ1) is 13.8. The van der Waals surface area contributed by atoms with Gasteiger partial charge in [0.1, 0.15) is 0 Å². The van der Waals surface area contributed by atoms with Gasteiger partial charge in [0, 0.05) is 17.3 Å². The Morgan fingerprint density at radius 1 is 1.35 bits per heavy atom. The van der Waals surface area contributed by atoms with Gasteiger partial charge in [0.05, 0.1) is 0 Å². The maximum absolute atomic E-state index is 5.38. The zero-order valence-electron chi connectivity index (χ0n) is 11.3. The van der Waals surface area contributed by atoms with Crippen LogP contribution in [0.25, 0.3) is 0 Å². The van der Waals surface area contributed by atoms with Crippen LogP contribution in [0.1, 0.15) is 30.1 Å². The van der Waals surface area contributed by atoms with Gasteiger partial charge in [0.25, 0.3) is 0 Å². The van der Waals surface area contributed by atoms with Crippen LogP contribution in [-0.2, 0) is 12.8 Å². The summed E-state index contributed by atoms with van der Waals surface area (Å²) in [5, 5.41) is 7.50. The van der Waals surface area contributed by atoms with Crippen molar-refractivity contribution in [1.29, 1.82) is 0 Å². The minimum Gasteiger partial charge on any atom is -0.339 e. The van der Waals surface area contributed by atoms with Gasteiger partial charge in [-0.1, -0.05) is 39.3 Å². The number of aromatic nitrogens is 2. The number of nitrogens with zero attached hydrogens (tertiary/aromatic N) is 2. The number of hydrogen-bond acceptors (Lipinski definition) is 4. The van der Waals surface area contributed by atoms with Crippen molar-refractivity contribution in [3.63, 3.8) is 0 Å². The Hall–Kier alpha value is -1.20. The molecule has 106 valence electrons. The summed E-state index contributed by atoms with van der Waals surface area (Å²) < 4.78 is 6.46. The molecular formula is C15H18BrN3O. The molecule has 1 fully saturated rings. The van der Waals surface area contributed by atoms with Crippen LogP contribution in [0.3, 0.4) is 0 Å². The average Bonchev–Trinajstić information content (AvgIpc) is 2.90. The van der Waals surface area contributed by atoms with Crippen molar-refractivity contribution in [2.45, 2.75) is 25.7 Å². The summed E-state index contributed by atoms with van der Waals surface area (Å²) in [4.78, 5) is 4.51. The highest BCUT2D eigenvalue weighted by molar-refractivity contribution is 9.10. The van der Waals surface area contributed by atoms with Crippen LogP contribution in [-0.4, -0.2) is 23.2 Å². The molecule has 1 N–H and O–H groups in total. The van der Waals surface area contributed by atoms with E-state index in [1.807, 2.05) is 18.2 Å². The lowest BCUT2D eigenvalue weighted by Gasteiger charge is -2.20. The first-order valence-electron chi connectivity index (χ1n) is 7.07. The monoisotopic (exact) mass is 335 g/mol. The van der Waals surface area contributed by atoms with Gasteiger partial charge in [-0.15, -0.1) is 0 Å². The lowest BCUT2D eigenvalue weighted by molar-refractivity contribution is 0.314. The van der Waals surface area contributed by atoms with Gasteiger partial charge >= 0.3 is 0 Å². The third-order valence-corrected chi connectivity index (χ3v) is 4.45. The van der Waals surface area contributed by atoms with Gasteiger partial charge in [-0.2, -0.15) is 4.98 Å². The average molecular weight is 336 g/mol. The van der Waals surface area contributed by atoms with Crippen LogP contribution in [0, 0.1) is 5.92 Å². The molecule has 0 radical (unpaired) electrons. The molecule has 0 spiro atoms. The molecule has 0 saturated carbocycles. The molecule has 1 aromatic carbocycles. The highest BCUT2D eigenvalue weighted by Gasteiger charge is 2.17. The van der Waals surface area contributed by atoms with Crippen molar-refractivity contribution in [3.8, 4) is 0 Å². The standard InChI is InChI=1S/C15H18BrN3O/c16-13-6-2-1-5-12(13)9-14-18-15(20-19-14)8-11-4-3-7-17-10-11/h1-2,5-6,11,17H,3-4,7-10H2. The molecule has 1 saturated heterocycles. The molecular weight excluding hydrogens is 318 g/mol. The van der Waals surface area contributed by atoms with Crippen LogP contribution >= 0.6 is 15.9 Å². The predicted molar refractivity (Wildman–Crippen MR) is 80.5 cm³/mol. The fourth-order valence-electron chi connectivity index (χ4n) is 2.60. The number of nitrogens with one attached hydrogen (secondary N) is 1. The molecule has 20 heavy (non-hydrogen) atoms. The normalized spacial score (nSPS) is 19.1. The Kier molecular flexibility index (Phi) is 4.47. The molecule has 3 rings (SSSR count). The fourth-order valence-corrected chi connectivity index (χ4v) is 3.03. The van der Waals surface area contributed by atoms with E-state index in [-0.39, 0.29) is 0 Å². The van der Waals surface area contributed by atoms with Crippen molar-refractivity contribution in [2.24, 2.45) is 5.92 Å². The maximum atomic E-state index is 5.38. The largest absolute Gasteiger partial charge is 0.339 e. The zero-order valence-corrected chi connectivity index (χ0v) is 12.9. The molecule has 5 heteroatoms. The summed E-state index contributed by atoms with van der Waals surface area (Å²) in [6.07, 6.45) is 4.07. The second-order valence-electron chi connectivity index (χ2n) is 5.29. The Balaban J connectivity index is 1.63. The molecule has 0 aliphatic carbocycles. The molecule has 2 heterocycles. The fraction of sp³-hybridized carbons (Fsp3) is 0.467. The Bertz CT molecular complexity index is 564. The van der Waals surface area contributed by atoms with Crippen molar-refractivity contribution in [2.75, 3.05) is 13.1 Å². The number of hydrogen-bond donors (Lipinski definition) is 1. The van der Waals surface area contributed by atoms with Crippen LogP contribution < -0.4 is 5.32 Å². The third kappa shape index (κ3) is 3.46. The van der Waals surface area contributed by atoms with Crippen molar-refractivity contribution >= 4 is 15.9 Å². The Morgan fingerprint density at radius 3 is 3.05 bits per heavy atom. The van der Waals surface area contributed by atoms with Crippen LogP contribution in [0.5, 0.6) is 0 Å². The number of benzene rings is 1. The SMILES string of the molecule is Brc1ccccc1Cc1noc(CC2CCCNC2)n1. The first-order chi connectivity index (χ1) is 9.81. The van der Waals surface area contributed by atoms with Crippen molar-refractivity contribution in [1.82, 2.24) is 15.5 Å². The Morgan fingerprint density at radius 2 is 2.25 bits per heavy atom. The summed E-state index contributed by atoms with van der Waals surface area (Å²) in [5.41, 5.74) is 1.18. The van der Waals surface area contributed by atoms with Crippen molar-refractivity contribution in [3.05, 3.63) is 46.0 Å². The van der Waals surface area contributed by atoms with E-state index in [4.69, 9.17) is 4.52 Å². The Labute approximate surface area is 127 Å². The van der Waals surface area contributed by atoms with Gasteiger partial charge in [-0.25, -0.2) is 0 Å². The molecule has 1 aromatic heterocycles. The smallest absolute Gasteiger partial charge is 0.226 e. The predicted octanol–water partition coefficient (Wildman–Crippen LogP) is 2.97. The van der Waals surface area contributed by atoms with Crippen LogP contribution in [0.4, 0.5) is 0 Å². The summed E-state index contributed by atoms with van der Waals surface area (Å²) in [5.74, 6) is 2.15. The number of piperidine rings is 1. The van der Waals surface area contributed by atoms with Gasteiger partial charge in [0.2, 0.25) is 5.89 Å². The zero-order chi connectivity index (χ0) is 13.8. The summed E-state index contributed by atoms with van der Waals surface area (Å²) in [6, 6.07) is 8.13. The minimum atomic E-state index is 0.625. The quantitative estimate of drug-likeness (QED) is 0.933. The topological polar surface area (TPSA) is 51.0 Å². The minimum absolute atomic E-state index is 0.625. The number of rotatable bonds is 4. The van der Waals surface area contributed by atoms with E-state index in [2.05, 4.69) is 37.5 Å². The maximum Gasteiger partial charge on any atom is 0.226 e. The van der Waals surface area contributed by atoms with Crippen molar-refractivity contribution < 1.29 is 4.52 Å². The molecule has 1 atom stereocenters. The second-order valence-corrected chi connectivity index (χ2v) is 6.14. The van der Waals surface area contributed by atoms with Gasteiger partial charge in [0.15, 0.2) is 5.82 Å². The summed E-state index contributed by atoms with van der Waals surface area (Å²) in [6.45, 7) is 2.19. The van der Waals surface area contributed by atoms with E-state index in [1.54, 1.807) is 0 Å². The second kappa shape index (κ2) is 6.50. The molecule has 2 aromatic rings. The highest BCUT2D eigenvalue weighted by Crippen LogP contribution is 2.19. The highest BCUT2D eigenvalue weighted by atomic mass is 79.9. The van der Waals surface area contributed by atoms with Gasteiger partial charge in [-0.05, 0) is 43.5 Å². The van der Waals surface area contributed by atoms with Crippen LogP contribution in [0.2, 0.25) is 0 Å². The lowest BCUT2D eigenvalue weighted by Crippen LogP contribution is -2.30. The first-order valence-corrected chi connectivity index (χ1v) is 7.86. The lowest BCUT2D eigenvalue weighted by atomic mass is 9.96. The molecule has 1 aliphatic rings. The van der Waals surface area contributed by atoms with E-state index in [0.717, 1.165) is 35.7 Å². The van der Waals surface area contributed by atoms with Gasteiger partial charge < -0.3 is 9.84 Å². The summed E-state index contributed by atoms with van der Waals surface area (Å²) >= 11 is 3.55. The van der Waals surface area contributed by atoms with Gasteiger partial charge in [-0.3, -0.25) is 0 Å².